The van der Waals surface area contributed by atoms with Crippen LogP contribution in [0.5, 0.6) is 5.75 Å². The molecule has 1 N–H and O–H groups in total. The van der Waals surface area contributed by atoms with Gasteiger partial charge in [0, 0.05) is 11.3 Å². The molecule has 4 rings (SSSR count). The first-order chi connectivity index (χ1) is 13.4. The van der Waals surface area contributed by atoms with Crippen molar-refractivity contribution in [3.05, 3.63) is 59.4 Å². The molecule has 0 fully saturated rings. The molecule has 1 atom stereocenters. The van der Waals surface area contributed by atoms with E-state index < -0.39 is 6.10 Å². The number of fused-ring (bicyclic) bond motifs is 1. The molecule has 144 valence electrons. The van der Waals surface area contributed by atoms with Crippen molar-refractivity contribution < 1.29 is 23.3 Å². The molecule has 0 bridgehead atoms. The number of carbonyl (C=O) groups is 2. The zero-order valence-electron chi connectivity index (χ0n) is 15.7. The van der Waals surface area contributed by atoms with Gasteiger partial charge in [0.2, 0.25) is 0 Å². The van der Waals surface area contributed by atoms with E-state index in [9.17, 15) is 9.59 Å². The number of rotatable bonds is 4. The molecule has 28 heavy (non-hydrogen) atoms. The van der Waals surface area contributed by atoms with Crippen LogP contribution in [0.25, 0.3) is 0 Å². The molecule has 0 aliphatic carbocycles. The third-order valence-corrected chi connectivity index (χ3v) is 4.67. The summed E-state index contributed by atoms with van der Waals surface area (Å²) in [4.78, 5) is 26.7. The van der Waals surface area contributed by atoms with Gasteiger partial charge in [-0.2, -0.15) is 0 Å². The predicted molar refractivity (Wildman–Crippen MR) is 100 cm³/mol. The highest BCUT2D eigenvalue weighted by molar-refractivity contribution is 6.04. The van der Waals surface area contributed by atoms with Crippen molar-refractivity contribution in [3.8, 4) is 5.75 Å². The van der Waals surface area contributed by atoms with E-state index in [1.807, 2.05) is 13.8 Å². The molecule has 3 heterocycles. The molecule has 0 saturated heterocycles. The Balaban J connectivity index is 1.67. The minimum absolute atomic E-state index is 0.179. The Morgan fingerprint density at radius 1 is 1.29 bits per heavy atom. The Morgan fingerprint density at radius 3 is 2.79 bits per heavy atom. The summed E-state index contributed by atoms with van der Waals surface area (Å²) >= 11 is 0. The van der Waals surface area contributed by atoms with E-state index >= 15 is 0 Å². The van der Waals surface area contributed by atoms with Crippen LogP contribution in [0, 0.1) is 13.8 Å². The summed E-state index contributed by atoms with van der Waals surface area (Å²) < 4.78 is 16.1. The fourth-order valence-electron chi connectivity index (χ4n) is 3.13. The van der Waals surface area contributed by atoms with Gasteiger partial charge in [0.1, 0.15) is 11.5 Å². The van der Waals surface area contributed by atoms with Crippen molar-refractivity contribution >= 4 is 23.2 Å². The lowest BCUT2D eigenvalue weighted by Crippen LogP contribution is -2.44. The molecule has 2 amide bonds. The highest BCUT2D eigenvalue weighted by Gasteiger charge is 2.33. The number of amides is 2. The normalized spacial score (nSPS) is 15.9. The van der Waals surface area contributed by atoms with Gasteiger partial charge in [-0.05, 0) is 51.1 Å². The van der Waals surface area contributed by atoms with Crippen molar-refractivity contribution in [3.63, 3.8) is 0 Å². The number of nitrogens with one attached hydrogen (secondary N) is 1. The van der Waals surface area contributed by atoms with E-state index in [1.165, 1.54) is 6.26 Å². The number of furan rings is 1. The van der Waals surface area contributed by atoms with E-state index in [2.05, 4.69) is 10.5 Å². The van der Waals surface area contributed by atoms with Gasteiger partial charge in [0.25, 0.3) is 11.8 Å². The number of ether oxygens (including phenoxy) is 1. The first-order valence-electron chi connectivity index (χ1n) is 8.82. The number of aromatic nitrogens is 1. The van der Waals surface area contributed by atoms with Gasteiger partial charge in [-0.3, -0.25) is 9.59 Å². The summed E-state index contributed by atoms with van der Waals surface area (Å²) in [6.07, 6.45) is 0.817. The second-order valence-corrected chi connectivity index (χ2v) is 6.60. The van der Waals surface area contributed by atoms with Gasteiger partial charge < -0.3 is 23.9 Å². The first kappa shape index (κ1) is 17.8. The van der Waals surface area contributed by atoms with Gasteiger partial charge in [-0.25, -0.2) is 0 Å². The number of hydrogen-bond acceptors (Lipinski definition) is 6. The molecule has 3 aromatic rings. The molecule has 1 aliphatic heterocycles. The average molecular weight is 381 g/mol. The highest BCUT2D eigenvalue weighted by Crippen LogP contribution is 2.37. The Morgan fingerprint density at radius 2 is 2.11 bits per heavy atom. The Bertz CT molecular complexity index is 1020. The lowest BCUT2D eigenvalue weighted by molar-refractivity contribution is -0.125. The monoisotopic (exact) mass is 381 g/mol. The molecule has 1 aliphatic rings. The van der Waals surface area contributed by atoms with Crippen molar-refractivity contribution in [2.75, 3.05) is 10.2 Å². The maximum atomic E-state index is 12.8. The largest absolute Gasteiger partial charge is 0.479 e. The lowest BCUT2D eigenvalue weighted by atomic mass is 10.1. The van der Waals surface area contributed by atoms with Crippen LogP contribution in [0.3, 0.4) is 0 Å². The van der Waals surface area contributed by atoms with Gasteiger partial charge in [-0.1, -0.05) is 5.16 Å². The second kappa shape index (κ2) is 6.88. The Labute approximate surface area is 161 Å². The van der Waals surface area contributed by atoms with Crippen LogP contribution in [0.2, 0.25) is 0 Å². The third-order valence-electron chi connectivity index (χ3n) is 4.67. The van der Waals surface area contributed by atoms with Crippen molar-refractivity contribution in [2.45, 2.75) is 33.4 Å². The van der Waals surface area contributed by atoms with Crippen molar-refractivity contribution in [1.82, 2.24) is 5.16 Å². The molecular weight excluding hydrogens is 362 g/mol. The fraction of sp³-hybridized carbons (Fsp3) is 0.250. The first-order valence-corrected chi connectivity index (χ1v) is 8.82. The summed E-state index contributed by atoms with van der Waals surface area (Å²) in [7, 11) is 0. The molecule has 8 nitrogen and oxygen atoms in total. The van der Waals surface area contributed by atoms with Crippen LogP contribution in [0.4, 0.5) is 11.4 Å². The van der Waals surface area contributed by atoms with E-state index in [1.54, 1.807) is 42.2 Å². The maximum Gasteiger partial charge on any atom is 0.291 e. The number of anilines is 2. The van der Waals surface area contributed by atoms with Crippen molar-refractivity contribution in [1.29, 1.82) is 0 Å². The number of nitrogens with zero attached hydrogens (tertiary/aromatic N) is 2. The zero-order chi connectivity index (χ0) is 19.8. The topological polar surface area (TPSA) is 97.8 Å². The molecular formula is C20H19N3O5. The van der Waals surface area contributed by atoms with Crippen LogP contribution >= 0.6 is 0 Å². The van der Waals surface area contributed by atoms with E-state index in [0.717, 1.165) is 11.3 Å². The van der Waals surface area contributed by atoms with E-state index in [4.69, 9.17) is 13.7 Å². The van der Waals surface area contributed by atoms with Crippen molar-refractivity contribution in [2.24, 2.45) is 0 Å². The van der Waals surface area contributed by atoms with Crippen LogP contribution in [0.15, 0.2) is 45.5 Å². The quantitative estimate of drug-likeness (QED) is 0.743. The SMILES string of the molecule is Cc1noc(C)c1CN1C(=O)C(C)Oc2ccc(NC(=O)c3ccco3)cc21. The summed E-state index contributed by atoms with van der Waals surface area (Å²) in [5.74, 6) is 0.870. The van der Waals surface area contributed by atoms with Gasteiger partial charge >= 0.3 is 0 Å². The Kier molecular flexibility index (Phi) is 4.38. The smallest absolute Gasteiger partial charge is 0.291 e. The van der Waals surface area contributed by atoms with E-state index in [0.29, 0.717) is 29.4 Å². The maximum absolute atomic E-state index is 12.8. The van der Waals surface area contributed by atoms with Gasteiger partial charge in [0.15, 0.2) is 11.9 Å². The minimum Gasteiger partial charge on any atom is -0.479 e. The predicted octanol–water partition coefficient (Wildman–Crippen LogP) is 3.45. The van der Waals surface area contributed by atoms with Crippen LogP contribution < -0.4 is 15.0 Å². The minimum atomic E-state index is -0.614. The molecule has 2 aromatic heterocycles. The summed E-state index contributed by atoms with van der Waals surface area (Å²) in [5, 5.41) is 6.72. The van der Waals surface area contributed by atoms with E-state index in [-0.39, 0.29) is 17.6 Å². The number of aryl methyl sites for hydroxylation is 2. The Hall–Kier alpha value is -3.55. The second-order valence-electron chi connectivity index (χ2n) is 6.60. The van der Waals surface area contributed by atoms with Crippen LogP contribution in [-0.2, 0) is 11.3 Å². The van der Waals surface area contributed by atoms with Crippen LogP contribution in [-0.4, -0.2) is 23.1 Å². The summed E-state index contributed by atoms with van der Waals surface area (Å²) in [6, 6.07) is 8.37. The molecule has 8 heteroatoms. The third kappa shape index (κ3) is 3.13. The number of hydrogen-bond donors (Lipinski definition) is 1. The highest BCUT2D eigenvalue weighted by atomic mass is 16.5. The summed E-state index contributed by atoms with van der Waals surface area (Å²) in [6.45, 7) is 5.65. The van der Waals surface area contributed by atoms with Crippen LogP contribution in [0.1, 0.15) is 34.5 Å². The average Bonchev–Trinajstić information content (AvgIpc) is 3.31. The summed E-state index contributed by atoms with van der Waals surface area (Å²) in [5.41, 5.74) is 2.67. The zero-order valence-corrected chi connectivity index (χ0v) is 15.7. The molecule has 0 radical (unpaired) electrons. The standard InChI is InChI=1S/C20H19N3O5/c1-11-15(12(2)28-22-11)10-23-16-9-14(21-19(24)18-5-4-8-26-18)6-7-17(16)27-13(3)20(23)25/h4-9,13H,10H2,1-3H3,(H,21,24). The lowest BCUT2D eigenvalue weighted by Gasteiger charge is -2.33. The molecule has 1 unspecified atom stereocenters. The molecule has 1 aromatic carbocycles. The number of carbonyl (C=O) groups excluding carboxylic acids is 2. The number of benzene rings is 1. The van der Waals surface area contributed by atoms with Gasteiger partial charge in [0.05, 0.1) is 24.2 Å². The molecule has 0 spiro atoms. The van der Waals surface area contributed by atoms with Gasteiger partial charge in [-0.15, -0.1) is 0 Å². The molecule has 0 saturated carbocycles. The fourth-order valence-corrected chi connectivity index (χ4v) is 3.13.